The van der Waals surface area contributed by atoms with Gasteiger partial charge in [0.2, 0.25) is 5.54 Å². The molecule has 2 aromatic rings. The van der Waals surface area contributed by atoms with E-state index in [1.165, 1.54) is 45.6 Å². The minimum Gasteiger partial charge on any atom is -0.497 e. The van der Waals surface area contributed by atoms with Gasteiger partial charge in [0, 0.05) is 17.7 Å². The van der Waals surface area contributed by atoms with Crippen LogP contribution in [0.1, 0.15) is 42.6 Å². The Labute approximate surface area is 223 Å². The average molecular weight is 547 g/mol. The second-order valence-electron chi connectivity index (χ2n) is 10.3. The van der Waals surface area contributed by atoms with Gasteiger partial charge in [0.05, 0.1) is 33.4 Å². The number of Topliss-reactive ketones (excluding diaryl/α,β-unsaturated/α-hetero) is 1. The molecular formula is C28H29F3N2O6. The van der Waals surface area contributed by atoms with Crippen LogP contribution >= 0.6 is 0 Å². The van der Waals surface area contributed by atoms with Crippen LogP contribution < -0.4 is 19.5 Å². The van der Waals surface area contributed by atoms with Crippen LogP contribution in [0.5, 0.6) is 17.2 Å². The molecule has 2 amide bonds. The predicted octanol–water partition coefficient (Wildman–Crippen LogP) is 4.43. The Kier molecular flexibility index (Phi) is 7.14. The molecule has 0 spiro atoms. The van der Waals surface area contributed by atoms with Gasteiger partial charge < -0.3 is 24.4 Å². The first-order valence-corrected chi connectivity index (χ1v) is 12.1. The third-order valence-corrected chi connectivity index (χ3v) is 6.97. The van der Waals surface area contributed by atoms with Crippen LogP contribution in [-0.2, 0) is 16.1 Å². The van der Waals surface area contributed by atoms with E-state index in [1.54, 1.807) is 32.0 Å². The number of nitrogens with zero attached hydrogens (tertiary/aromatic N) is 1. The van der Waals surface area contributed by atoms with Crippen LogP contribution in [0.2, 0.25) is 0 Å². The fraction of sp³-hybridized carbons (Fsp3) is 0.393. The molecule has 2 aliphatic rings. The van der Waals surface area contributed by atoms with E-state index in [0.29, 0.717) is 17.1 Å². The highest BCUT2D eigenvalue weighted by molar-refractivity contribution is 6.14. The van der Waals surface area contributed by atoms with E-state index in [2.05, 4.69) is 0 Å². The Morgan fingerprint density at radius 1 is 0.974 bits per heavy atom. The number of ketones is 1. The number of hydrogen-bond donors (Lipinski definition) is 1. The van der Waals surface area contributed by atoms with E-state index in [1.807, 2.05) is 5.32 Å². The fourth-order valence-corrected chi connectivity index (χ4v) is 5.16. The number of carbonyl (C=O) groups is 3. The van der Waals surface area contributed by atoms with Crippen molar-refractivity contribution in [3.8, 4) is 17.2 Å². The van der Waals surface area contributed by atoms with Crippen molar-refractivity contribution in [1.29, 1.82) is 0 Å². The number of hydrogen-bond acceptors (Lipinski definition) is 6. The van der Waals surface area contributed by atoms with Crippen LogP contribution in [0.15, 0.2) is 53.7 Å². The smallest absolute Gasteiger partial charge is 0.425 e. The summed E-state index contributed by atoms with van der Waals surface area (Å²) in [5, 5.41) is 1.93. The van der Waals surface area contributed by atoms with Crippen LogP contribution in [0, 0.1) is 5.41 Å². The minimum absolute atomic E-state index is 0.0277. The first kappa shape index (κ1) is 28.0. The third-order valence-electron chi connectivity index (χ3n) is 6.97. The first-order chi connectivity index (χ1) is 18.3. The summed E-state index contributed by atoms with van der Waals surface area (Å²) in [7, 11) is 4.20. The normalized spacial score (nSPS) is 20.6. The Bertz CT molecular complexity index is 1370. The molecule has 0 radical (unpaired) electrons. The topological polar surface area (TPSA) is 94.2 Å². The number of methoxy groups -OCH3 is 3. The van der Waals surface area contributed by atoms with Gasteiger partial charge in [-0.25, -0.2) is 0 Å². The van der Waals surface area contributed by atoms with Crippen molar-refractivity contribution in [2.45, 2.75) is 44.9 Å². The molecule has 0 saturated carbocycles. The van der Waals surface area contributed by atoms with Crippen molar-refractivity contribution in [1.82, 2.24) is 10.2 Å². The maximum absolute atomic E-state index is 15.0. The lowest BCUT2D eigenvalue weighted by atomic mass is 9.72. The summed E-state index contributed by atoms with van der Waals surface area (Å²) in [4.78, 5) is 41.4. The van der Waals surface area contributed by atoms with Gasteiger partial charge in [-0.3, -0.25) is 14.4 Å². The van der Waals surface area contributed by atoms with Crippen molar-refractivity contribution in [3.63, 3.8) is 0 Å². The van der Waals surface area contributed by atoms with Gasteiger partial charge in [0.1, 0.15) is 5.75 Å². The zero-order valence-corrected chi connectivity index (χ0v) is 22.2. The number of benzene rings is 2. The van der Waals surface area contributed by atoms with Crippen LogP contribution in [0.25, 0.3) is 0 Å². The fourth-order valence-electron chi connectivity index (χ4n) is 5.16. The van der Waals surface area contributed by atoms with Crippen molar-refractivity contribution in [3.05, 3.63) is 64.9 Å². The zero-order valence-electron chi connectivity index (χ0n) is 22.2. The molecule has 1 atom stereocenters. The van der Waals surface area contributed by atoms with Gasteiger partial charge in [0.25, 0.3) is 11.8 Å². The molecule has 1 aliphatic heterocycles. The Hall–Kier alpha value is -4.02. The average Bonchev–Trinajstić information content (AvgIpc) is 3.11. The number of amides is 2. The summed E-state index contributed by atoms with van der Waals surface area (Å²) < 4.78 is 60.7. The maximum atomic E-state index is 15.0. The SMILES string of the molecule is COc1cccc(C(=O)NC2(C(F)(F)F)C(=O)N(Cc3ccc(OC)c(OC)c3)C3=C2C(=O)CC(C)(C)C3)c1. The molecule has 0 fully saturated rings. The van der Waals surface area contributed by atoms with Gasteiger partial charge in [0.15, 0.2) is 17.3 Å². The molecule has 39 heavy (non-hydrogen) atoms. The van der Waals surface area contributed by atoms with E-state index >= 15 is 13.2 Å². The van der Waals surface area contributed by atoms with E-state index in [9.17, 15) is 14.4 Å². The predicted molar refractivity (Wildman–Crippen MR) is 134 cm³/mol. The third kappa shape index (κ3) is 4.81. The van der Waals surface area contributed by atoms with Gasteiger partial charge in [-0.2, -0.15) is 13.2 Å². The Morgan fingerprint density at radius 3 is 2.28 bits per heavy atom. The molecule has 0 saturated heterocycles. The maximum Gasteiger partial charge on any atom is 0.425 e. The molecule has 1 unspecified atom stereocenters. The molecule has 4 rings (SSSR count). The quantitative estimate of drug-likeness (QED) is 0.553. The van der Waals surface area contributed by atoms with Gasteiger partial charge in [-0.1, -0.05) is 26.0 Å². The highest BCUT2D eigenvalue weighted by atomic mass is 19.4. The summed E-state index contributed by atoms with van der Waals surface area (Å²) in [6.07, 6.45) is -5.50. The number of rotatable bonds is 7. The van der Waals surface area contributed by atoms with Gasteiger partial charge in [-0.05, 0) is 47.7 Å². The molecule has 2 aromatic carbocycles. The highest BCUT2D eigenvalue weighted by Gasteiger charge is 2.71. The van der Waals surface area contributed by atoms with Crippen molar-refractivity contribution >= 4 is 17.6 Å². The first-order valence-electron chi connectivity index (χ1n) is 12.1. The van der Waals surface area contributed by atoms with Gasteiger partial charge in [-0.15, -0.1) is 0 Å². The van der Waals surface area contributed by atoms with Gasteiger partial charge >= 0.3 is 6.18 Å². The molecule has 1 heterocycles. The molecule has 11 heteroatoms. The summed E-state index contributed by atoms with van der Waals surface area (Å²) in [5.41, 5.74) is -4.76. The monoisotopic (exact) mass is 546 g/mol. The van der Waals surface area contributed by atoms with E-state index in [4.69, 9.17) is 14.2 Å². The number of nitrogens with one attached hydrogen (secondary N) is 1. The van der Waals surface area contributed by atoms with Crippen molar-refractivity contribution < 1.29 is 41.8 Å². The molecule has 208 valence electrons. The van der Waals surface area contributed by atoms with Crippen LogP contribution in [-0.4, -0.2) is 55.5 Å². The zero-order chi connectivity index (χ0) is 28.8. The van der Waals surface area contributed by atoms with Crippen LogP contribution in [0.3, 0.4) is 0 Å². The van der Waals surface area contributed by atoms with Crippen molar-refractivity contribution in [2.75, 3.05) is 21.3 Å². The molecule has 8 nitrogen and oxygen atoms in total. The largest absolute Gasteiger partial charge is 0.497 e. The molecule has 1 aliphatic carbocycles. The Balaban J connectivity index is 1.85. The number of allylic oxidation sites excluding steroid dienone is 1. The number of carbonyl (C=O) groups excluding carboxylic acids is 3. The van der Waals surface area contributed by atoms with Crippen molar-refractivity contribution in [2.24, 2.45) is 5.41 Å². The van der Waals surface area contributed by atoms with E-state index in [0.717, 1.165) is 4.90 Å². The lowest BCUT2D eigenvalue weighted by Crippen LogP contribution is -2.66. The second kappa shape index (κ2) is 9.94. The number of halogens is 3. The lowest BCUT2D eigenvalue weighted by molar-refractivity contribution is -0.190. The van der Waals surface area contributed by atoms with Crippen LogP contribution in [0.4, 0.5) is 13.2 Å². The minimum atomic E-state index is -5.32. The van der Waals surface area contributed by atoms with E-state index in [-0.39, 0.29) is 36.4 Å². The molecular weight excluding hydrogens is 517 g/mol. The second-order valence-corrected chi connectivity index (χ2v) is 10.3. The lowest BCUT2D eigenvalue weighted by Gasteiger charge is -2.35. The highest BCUT2D eigenvalue weighted by Crippen LogP contribution is 2.52. The summed E-state index contributed by atoms with van der Waals surface area (Å²) >= 11 is 0. The standard InChI is InChI=1S/C28H29F3N2O6/c1-26(2)13-19-23(20(34)14-26)27(28(29,30)31,32-24(35)17-7-6-8-18(12-17)37-3)25(36)33(19)15-16-9-10-21(38-4)22(11-16)39-5/h6-12H,13-15H2,1-5H3,(H,32,35). The summed E-state index contributed by atoms with van der Waals surface area (Å²) in [6, 6.07) is 10.2. The number of alkyl halides is 3. The Morgan fingerprint density at radius 2 is 1.67 bits per heavy atom. The molecule has 1 N–H and O–H groups in total. The summed E-state index contributed by atoms with van der Waals surface area (Å²) in [6.45, 7) is 3.21. The summed E-state index contributed by atoms with van der Waals surface area (Å²) in [5.74, 6) is -2.49. The number of ether oxygens (including phenoxy) is 3. The molecule has 0 aromatic heterocycles. The molecule has 0 bridgehead atoms. The van der Waals surface area contributed by atoms with E-state index < -0.39 is 40.3 Å².